The topological polar surface area (TPSA) is 74.9 Å². The molecule has 1 fully saturated rings. The number of morpholine rings is 1. The van der Waals surface area contributed by atoms with Gasteiger partial charge in [-0.2, -0.15) is 0 Å². The minimum absolute atomic E-state index is 0.530. The van der Waals surface area contributed by atoms with Crippen LogP contribution in [0.4, 0.5) is 0 Å². The summed E-state index contributed by atoms with van der Waals surface area (Å²) in [5.41, 5.74) is 1.12. The van der Waals surface area contributed by atoms with Crippen molar-refractivity contribution in [2.24, 2.45) is 0 Å². The predicted octanol–water partition coefficient (Wildman–Crippen LogP) is -0.0979. The molecule has 0 aromatic carbocycles. The van der Waals surface area contributed by atoms with Crippen LogP contribution < -0.4 is 5.32 Å². The summed E-state index contributed by atoms with van der Waals surface area (Å²) in [6.07, 6.45) is 7.21. The molecule has 7 heteroatoms. The van der Waals surface area contributed by atoms with E-state index in [0.717, 1.165) is 37.6 Å². The number of ether oxygens (including phenoxy) is 1. The first-order valence-electron chi connectivity index (χ1n) is 7.63. The molecular formula is C15H23N5O2. The minimum atomic E-state index is -0.764. The lowest BCUT2D eigenvalue weighted by atomic mass is 10.1. The fourth-order valence-electron chi connectivity index (χ4n) is 2.78. The van der Waals surface area contributed by atoms with Crippen molar-refractivity contribution in [3.63, 3.8) is 0 Å². The van der Waals surface area contributed by atoms with Gasteiger partial charge in [0.15, 0.2) is 5.65 Å². The van der Waals surface area contributed by atoms with Gasteiger partial charge in [0.2, 0.25) is 0 Å². The SMILES string of the molecule is CC(O)(CNCc1cnc2cnccn12)CN1CCOCC1. The van der Waals surface area contributed by atoms with E-state index in [9.17, 15) is 5.11 Å². The van der Waals surface area contributed by atoms with E-state index in [1.165, 1.54) is 0 Å². The van der Waals surface area contributed by atoms with Crippen LogP contribution in [0.25, 0.3) is 5.65 Å². The third-order valence-electron chi connectivity index (χ3n) is 3.87. The van der Waals surface area contributed by atoms with Crippen LogP contribution in [-0.2, 0) is 11.3 Å². The number of aromatic nitrogens is 3. The molecule has 1 aliphatic rings. The molecule has 2 aromatic heterocycles. The average molecular weight is 305 g/mol. The molecule has 1 saturated heterocycles. The van der Waals surface area contributed by atoms with Crippen LogP contribution in [0.3, 0.4) is 0 Å². The average Bonchev–Trinajstić information content (AvgIpc) is 2.91. The summed E-state index contributed by atoms with van der Waals surface area (Å²) in [5, 5.41) is 13.9. The van der Waals surface area contributed by atoms with Crippen LogP contribution in [0.2, 0.25) is 0 Å². The third-order valence-corrected chi connectivity index (χ3v) is 3.87. The lowest BCUT2D eigenvalue weighted by Gasteiger charge is -2.34. The number of rotatable bonds is 6. The zero-order valence-corrected chi connectivity index (χ0v) is 12.9. The van der Waals surface area contributed by atoms with Crippen LogP contribution in [0.15, 0.2) is 24.8 Å². The standard InChI is InChI=1S/C15H23N5O2/c1-15(21,12-19-4-6-22-7-5-19)11-17-8-13-9-18-14-10-16-2-3-20(13)14/h2-3,9-10,17,21H,4-8,11-12H2,1H3. The number of hydrogen-bond donors (Lipinski definition) is 2. The molecule has 1 aliphatic heterocycles. The quantitative estimate of drug-likeness (QED) is 0.776. The van der Waals surface area contributed by atoms with Gasteiger partial charge in [-0.05, 0) is 6.92 Å². The van der Waals surface area contributed by atoms with Crippen molar-refractivity contribution in [3.8, 4) is 0 Å². The van der Waals surface area contributed by atoms with Crippen molar-refractivity contribution in [2.45, 2.75) is 19.1 Å². The molecule has 1 atom stereocenters. The Kier molecular flexibility index (Phi) is 4.68. The largest absolute Gasteiger partial charge is 0.388 e. The number of nitrogens with zero attached hydrogens (tertiary/aromatic N) is 4. The number of aliphatic hydroxyl groups is 1. The minimum Gasteiger partial charge on any atom is -0.388 e. The van der Waals surface area contributed by atoms with Crippen LogP contribution in [0.5, 0.6) is 0 Å². The molecule has 0 spiro atoms. The highest BCUT2D eigenvalue weighted by molar-refractivity contribution is 5.36. The van der Waals surface area contributed by atoms with E-state index in [1.807, 2.05) is 23.7 Å². The highest BCUT2D eigenvalue weighted by atomic mass is 16.5. The molecule has 0 bridgehead atoms. The van der Waals surface area contributed by atoms with E-state index in [0.29, 0.717) is 19.6 Å². The fraction of sp³-hybridized carbons (Fsp3) is 0.600. The highest BCUT2D eigenvalue weighted by Gasteiger charge is 2.24. The van der Waals surface area contributed by atoms with Crippen LogP contribution in [0.1, 0.15) is 12.6 Å². The fourth-order valence-corrected chi connectivity index (χ4v) is 2.78. The molecule has 22 heavy (non-hydrogen) atoms. The molecule has 1 unspecified atom stereocenters. The van der Waals surface area contributed by atoms with Gasteiger partial charge in [0.1, 0.15) is 0 Å². The normalized spacial score (nSPS) is 19.4. The summed E-state index contributed by atoms with van der Waals surface area (Å²) in [6.45, 7) is 6.98. The third kappa shape index (κ3) is 3.80. The molecule has 0 amide bonds. The molecule has 3 rings (SSSR count). The Labute approximate surface area is 129 Å². The van der Waals surface area contributed by atoms with Gasteiger partial charge in [-0.15, -0.1) is 0 Å². The monoisotopic (exact) mass is 305 g/mol. The summed E-state index contributed by atoms with van der Waals surface area (Å²) < 4.78 is 7.33. The number of hydrogen-bond acceptors (Lipinski definition) is 6. The maximum absolute atomic E-state index is 10.5. The van der Waals surface area contributed by atoms with Gasteiger partial charge in [-0.25, -0.2) is 4.98 Å². The molecule has 7 nitrogen and oxygen atoms in total. The second kappa shape index (κ2) is 6.70. The predicted molar refractivity (Wildman–Crippen MR) is 82.6 cm³/mol. The summed E-state index contributed by atoms with van der Waals surface area (Å²) >= 11 is 0. The molecule has 2 aromatic rings. The molecule has 2 N–H and O–H groups in total. The van der Waals surface area contributed by atoms with Gasteiger partial charge in [0.25, 0.3) is 0 Å². The zero-order chi connectivity index (χ0) is 15.4. The summed E-state index contributed by atoms with van der Waals surface area (Å²) in [5.74, 6) is 0. The Balaban J connectivity index is 1.51. The van der Waals surface area contributed by atoms with E-state index in [-0.39, 0.29) is 0 Å². The van der Waals surface area contributed by atoms with Crippen LogP contribution in [0, 0.1) is 0 Å². The number of fused-ring (bicyclic) bond motifs is 1. The molecule has 0 aliphatic carbocycles. The maximum atomic E-state index is 10.5. The summed E-state index contributed by atoms with van der Waals surface area (Å²) in [6, 6.07) is 0. The molecule has 0 saturated carbocycles. The smallest absolute Gasteiger partial charge is 0.155 e. The Hall–Kier alpha value is -1.54. The molecular weight excluding hydrogens is 282 g/mol. The summed E-state index contributed by atoms with van der Waals surface area (Å²) in [7, 11) is 0. The van der Waals surface area contributed by atoms with E-state index >= 15 is 0 Å². The van der Waals surface area contributed by atoms with Crippen molar-refractivity contribution in [1.82, 2.24) is 24.6 Å². The lowest BCUT2D eigenvalue weighted by Crippen LogP contribution is -2.50. The first-order valence-corrected chi connectivity index (χ1v) is 7.63. The second-order valence-electron chi connectivity index (χ2n) is 6.04. The lowest BCUT2D eigenvalue weighted by molar-refractivity contribution is -0.0219. The van der Waals surface area contributed by atoms with Crippen molar-refractivity contribution < 1.29 is 9.84 Å². The first-order chi connectivity index (χ1) is 10.6. The number of nitrogens with one attached hydrogen (secondary N) is 1. The van der Waals surface area contributed by atoms with Crippen molar-refractivity contribution in [3.05, 3.63) is 30.5 Å². The van der Waals surface area contributed by atoms with E-state index in [1.54, 1.807) is 12.4 Å². The summed E-state index contributed by atoms with van der Waals surface area (Å²) in [4.78, 5) is 10.6. The maximum Gasteiger partial charge on any atom is 0.155 e. The van der Waals surface area contributed by atoms with E-state index in [2.05, 4.69) is 20.2 Å². The van der Waals surface area contributed by atoms with Gasteiger partial charge < -0.3 is 15.2 Å². The van der Waals surface area contributed by atoms with Gasteiger partial charge in [-0.1, -0.05) is 0 Å². The zero-order valence-electron chi connectivity index (χ0n) is 12.9. The van der Waals surface area contributed by atoms with Crippen LogP contribution in [-0.4, -0.2) is 69.4 Å². The van der Waals surface area contributed by atoms with Gasteiger partial charge in [0.05, 0.1) is 36.9 Å². The molecule has 3 heterocycles. The first kappa shape index (κ1) is 15.4. The van der Waals surface area contributed by atoms with Gasteiger partial charge in [-0.3, -0.25) is 14.3 Å². The highest BCUT2D eigenvalue weighted by Crippen LogP contribution is 2.09. The van der Waals surface area contributed by atoms with Crippen molar-refractivity contribution in [2.75, 3.05) is 39.4 Å². The number of imidazole rings is 1. The van der Waals surface area contributed by atoms with Crippen molar-refractivity contribution in [1.29, 1.82) is 0 Å². The Morgan fingerprint density at radius 3 is 3.00 bits per heavy atom. The number of β-amino-alcohol motifs (C(OH)–C–C–N with tert-alkyl or cyclic N) is 1. The van der Waals surface area contributed by atoms with E-state index in [4.69, 9.17) is 4.74 Å². The van der Waals surface area contributed by atoms with Gasteiger partial charge in [0, 0.05) is 45.1 Å². The van der Waals surface area contributed by atoms with Crippen molar-refractivity contribution >= 4 is 5.65 Å². The Bertz CT molecular complexity index is 607. The Morgan fingerprint density at radius 2 is 2.18 bits per heavy atom. The Morgan fingerprint density at radius 1 is 1.36 bits per heavy atom. The molecule has 120 valence electrons. The second-order valence-corrected chi connectivity index (χ2v) is 6.04. The molecule has 0 radical (unpaired) electrons. The van der Waals surface area contributed by atoms with E-state index < -0.39 is 5.60 Å². The van der Waals surface area contributed by atoms with Crippen LogP contribution >= 0.6 is 0 Å². The van der Waals surface area contributed by atoms with Gasteiger partial charge >= 0.3 is 0 Å².